The van der Waals surface area contributed by atoms with Gasteiger partial charge in [-0.1, -0.05) is 32.0 Å². The summed E-state index contributed by atoms with van der Waals surface area (Å²) in [6.07, 6.45) is 1.67. The molecule has 0 amide bonds. The van der Waals surface area contributed by atoms with Gasteiger partial charge in [0.2, 0.25) is 0 Å². The molecule has 1 aliphatic rings. The second-order valence-electron chi connectivity index (χ2n) is 6.62. The molecule has 3 rings (SSSR count). The molecule has 0 atom stereocenters. The first kappa shape index (κ1) is 16.8. The summed E-state index contributed by atoms with van der Waals surface area (Å²) in [6, 6.07) is 17.0. The predicted molar refractivity (Wildman–Crippen MR) is 97.6 cm³/mol. The highest BCUT2D eigenvalue weighted by Crippen LogP contribution is 2.46. The lowest BCUT2D eigenvalue weighted by Crippen LogP contribution is -2.25. The van der Waals surface area contributed by atoms with Gasteiger partial charge in [-0.05, 0) is 35.9 Å². The van der Waals surface area contributed by atoms with Gasteiger partial charge in [0.15, 0.2) is 12.4 Å². The van der Waals surface area contributed by atoms with Crippen LogP contribution in [0, 0.1) is 11.3 Å². The third-order valence-corrected chi connectivity index (χ3v) is 4.60. The Morgan fingerprint density at radius 2 is 1.88 bits per heavy atom. The van der Waals surface area contributed by atoms with Crippen molar-refractivity contribution in [2.75, 3.05) is 18.6 Å². The van der Waals surface area contributed by atoms with Crippen LogP contribution in [-0.2, 0) is 10.2 Å². The summed E-state index contributed by atoms with van der Waals surface area (Å²) in [5, 5.41) is 8.80. The first-order chi connectivity index (χ1) is 11.9. The SMILES string of the molecule is CN1C(=CC(=O)COc2ccc(C#N)cc2)C(C)(C)c2ccccc21. The van der Waals surface area contributed by atoms with Gasteiger partial charge < -0.3 is 9.64 Å². The molecule has 0 saturated heterocycles. The fraction of sp³-hybridized carbons (Fsp3) is 0.238. The predicted octanol–water partition coefficient (Wildman–Crippen LogP) is 3.82. The number of nitrogens with zero attached hydrogens (tertiary/aromatic N) is 2. The van der Waals surface area contributed by atoms with Crippen molar-refractivity contribution < 1.29 is 9.53 Å². The number of allylic oxidation sites excluding steroid dienone is 1. The summed E-state index contributed by atoms with van der Waals surface area (Å²) in [5.74, 6) is 0.486. The Labute approximate surface area is 148 Å². The highest BCUT2D eigenvalue weighted by atomic mass is 16.5. The summed E-state index contributed by atoms with van der Waals surface area (Å²) in [4.78, 5) is 14.5. The fourth-order valence-corrected chi connectivity index (χ4v) is 3.23. The topological polar surface area (TPSA) is 53.3 Å². The van der Waals surface area contributed by atoms with Gasteiger partial charge in [-0.15, -0.1) is 0 Å². The lowest BCUT2D eigenvalue weighted by Gasteiger charge is -2.23. The van der Waals surface area contributed by atoms with Gasteiger partial charge >= 0.3 is 0 Å². The summed E-state index contributed by atoms with van der Waals surface area (Å²) in [6.45, 7) is 4.21. The number of carbonyl (C=O) groups excluding carboxylic acids is 1. The van der Waals surface area contributed by atoms with Gasteiger partial charge in [0, 0.05) is 29.9 Å². The molecule has 0 unspecified atom stereocenters. The summed E-state index contributed by atoms with van der Waals surface area (Å²) in [5.41, 5.74) is 3.63. The van der Waals surface area contributed by atoms with E-state index in [0.29, 0.717) is 11.3 Å². The van der Waals surface area contributed by atoms with Crippen molar-refractivity contribution in [3.8, 4) is 11.8 Å². The molecule has 0 N–H and O–H groups in total. The van der Waals surface area contributed by atoms with E-state index in [-0.39, 0.29) is 17.8 Å². The lowest BCUT2D eigenvalue weighted by molar-refractivity contribution is -0.116. The molecule has 0 fully saturated rings. The van der Waals surface area contributed by atoms with E-state index >= 15 is 0 Å². The number of benzene rings is 2. The van der Waals surface area contributed by atoms with Crippen molar-refractivity contribution in [3.63, 3.8) is 0 Å². The minimum Gasteiger partial charge on any atom is -0.485 e. The number of carbonyl (C=O) groups is 1. The summed E-state index contributed by atoms with van der Waals surface area (Å²) >= 11 is 0. The van der Waals surface area contributed by atoms with E-state index in [0.717, 1.165) is 11.4 Å². The Morgan fingerprint density at radius 1 is 1.20 bits per heavy atom. The third kappa shape index (κ3) is 3.14. The van der Waals surface area contributed by atoms with E-state index in [2.05, 4.69) is 36.9 Å². The number of hydrogen-bond donors (Lipinski definition) is 0. The molecule has 0 aliphatic carbocycles. The first-order valence-corrected chi connectivity index (χ1v) is 8.14. The van der Waals surface area contributed by atoms with Crippen molar-refractivity contribution in [1.29, 1.82) is 5.26 Å². The van der Waals surface area contributed by atoms with Crippen molar-refractivity contribution in [2.24, 2.45) is 0 Å². The number of anilines is 1. The van der Waals surface area contributed by atoms with Gasteiger partial charge in [0.1, 0.15) is 5.75 Å². The monoisotopic (exact) mass is 332 g/mol. The van der Waals surface area contributed by atoms with Crippen molar-refractivity contribution in [3.05, 3.63) is 71.4 Å². The second-order valence-corrected chi connectivity index (χ2v) is 6.62. The smallest absolute Gasteiger partial charge is 0.194 e. The lowest BCUT2D eigenvalue weighted by atomic mass is 9.83. The number of likely N-dealkylation sites (N-methyl/N-ethyl adjacent to an activating group) is 1. The maximum Gasteiger partial charge on any atom is 0.194 e. The Balaban J connectivity index is 1.74. The zero-order valence-electron chi connectivity index (χ0n) is 14.6. The Morgan fingerprint density at radius 3 is 2.52 bits per heavy atom. The van der Waals surface area contributed by atoms with Crippen molar-refractivity contribution in [1.82, 2.24) is 0 Å². The fourth-order valence-electron chi connectivity index (χ4n) is 3.23. The van der Waals surface area contributed by atoms with Gasteiger partial charge in [-0.2, -0.15) is 5.26 Å². The second kappa shape index (κ2) is 6.45. The molecule has 4 nitrogen and oxygen atoms in total. The number of ether oxygens (including phenoxy) is 1. The van der Waals surface area contributed by atoms with Crippen molar-refractivity contribution >= 4 is 11.5 Å². The van der Waals surface area contributed by atoms with Crippen LogP contribution in [0.3, 0.4) is 0 Å². The average molecular weight is 332 g/mol. The molecule has 0 bridgehead atoms. The Kier molecular flexibility index (Phi) is 4.33. The van der Waals surface area contributed by atoms with Gasteiger partial charge in [-0.25, -0.2) is 0 Å². The molecule has 0 aromatic heterocycles. The summed E-state index contributed by atoms with van der Waals surface area (Å²) < 4.78 is 5.54. The number of para-hydroxylation sites is 1. The van der Waals surface area contributed by atoms with Crippen LogP contribution >= 0.6 is 0 Å². The summed E-state index contributed by atoms with van der Waals surface area (Å²) in [7, 11) is 1.98. The van der Waals surface area contributed by atoms with Crippen LogP contribution in [0.1, 0.15) is 25.0 Å². The number of rotatable bonds is 4. The van der Waals surface area contributed by atoms with Crippen LogP contribution in [0.4, 0.5) is 5.69 Å². The van der Waals surface area contributed by atoms with Crippen LogP contribution < -0.4 is 9.64 Å². The van der Waals surface area contributed by atoms with E-state index in [1.54, 1.807) is 30.3 Å². The molecule has 0 saturated carbocycles. The normalized spacial score (nSPS) is 16.4. The molecule has 1 aliphatic heterocycles. The largest absolute Gasteiger partial charge is 0.485 e. The standard InChI is InChI=1S/C21H20N2O2/c1-21(2)18-6-4-5-7-19(18)23(3)20(21)12-16(24)14-25-17-10-8-15(13-22)9-11-17/h4-12H,14H2,1-3H3. The van der Waals surface area contributed by atoms with Crippen LogP contribution in [0.2, 0.25) is 0 Å². The average Bonchev–Trinajstić information content (AvgIpc) is 2.82. The molecule has 0 radical (unpaired) electrons. The highest BCUT2D eigenvalue weighted by molar-refractivity contribution is 5.93. The van der Waals surface area contributed by atoms with E-state index in [4.69, 9.17) is 10.00 Å². The molecule has 2 aromatic carbocycles. The zero-order valence-corrected chi connectivity index (χ0v) is 14.6. The molecule has 0 spiro atoms. The van der Waals surface area contributed by atoms with Gasteiger partial charge in [0.05, 0.1) is 11.6 Å². The number of hydrogen-bond acceptors (Lipinski definition) is 4. The van der Waals surface area contributed by atoms with Crippen molar-refractivity contribution in [2.45, 2.75) is 19.3 Å². The minimum absolute atomic E-state index is 0.0321. The first-order valence-electron chi connectivity index (χ1n) is 8.14. The van der Waals surface area contributed by atoms with Gasteiger partial charge in [0.25, 0.3) is 0 Å². The molecule has 126 valence electrons. The number of nitriles is 1. The maximum absolute atomic E-state index is 12.4. The van der Waals surface area contributed by atoms with E-state index < -0.39 is 0 Å². The van der Waals surface area contributed by atoms with E-state index in [1.807, 2.05) is 19.2 Å². The Hall–Kier alpha value is -3.06. The zero-order chi connectivity index (χ0) is 18.0. The number of fused-ring (bicyclic) bond motifs is 1. The quantitative estimate of drug-likeness (QED) is 0.799. The van der Waals surface area contributed by atoms with Crippen LogP contribution in [0.5, 0.6) is 5.75 Å². The minimum atomic E-state index is -0.227. The van der Waals surface area contributed by atoms with E-state index in [9.17, 15) is 4.79 Å². The molecule has 1 heterocycles. The Bertz CT molecular complexity index is 874. The third-order valence-electron chi connectivity index (χ3n) is 4.60. The van der Waals surface area contributed by atoms with Crippen LogP contribution in [0.25, 0.3) is 0 Å². The van der Waals surface area contributed by atoms with Crippen LogP contribution in [0.15, 0.2) is 60.3 Å². The maximum atomic E-state index is 12.4. The van der Waals surface area contributed by atoms with E-state index in [1.165, 1.54) is 5.56 Å². The van der Waals surface area contributed by atoms with Gasteiger partial charge in [-0.3, -0.25) is 4.79 Å². The molecule has 2 aromatic rings. The molecule has 4 heteroatoms. The van der Waals surface area contributed by atoms with Crippen LogP contribution in [-0.4, -0.2) is 19.4 Å². The molecule has 25 heavy (non-hydrogen) atoms. The highest BCUT2D eigenvalue weighted by Gasteiger charge is 2.38. The number of ketones is 1. The molecular weight excluding hydrogens is 312 g/mol. The molecular formula is C21H20N2O2.